The van der Waals surface area contributed by atoms with Crippen molar-refractivity contribution >= 4 is 0 Å². The van der Waals surface area contributed by atoms with Crippen LogP contribution in [0.2, 0.25) is 0 Å². The van der Waals surface area contributed by atoms with Gasteiger partial charge in [-0.3, -0.25) is 0 Å². The fourth-order valence-electron chi connectivity index (χ4n) is 1.77. The molecule has 0 fully saturated rings. The van der Waals surface area contributed by atoms with E-state index in [9.17, 15) is 13.2 Å². The van der Waals surface area contributed by atoms with Gasteiger partial charge in [0.15, 0.2) is 23.1 Å². The first-order valence-electron chi connectivity index (χ1n) is 5.45. The molecule has 100 valence electrons. The summed E-state index contributed by atoms with van der Waals surface area (Å²) in [6.45, 7) is 0. The lowest BCUT2D eigenvalue weighted by Crippen LogP contribution is -1.97. The summed E-state index contributed by atoms with van der Waals surface area (Å²) in [6, 6.07) is 6.75. The normalized spacial score (nSPS) is 10.4. The molecule has 0 atom stereocenters. The van der Waals surface area contributed by atoms with Crippen molar-refractivity contribution in [1.82, 2.24) is 0 Å². The van der Waals surface area contributed by atoms with Gasteiger partial charge < -0.3 is 9.47 Å². The van der Waals surface area contributed by atoms with Crippen LogP contribution in [-0.4, -0.2) is 14.2 Å². The molecule has 0 radical (unpaired) electrons. The Bertz CT molecular complexity index is 612. The van der Waals surface area contributed by atoms with Gasteiger partial charge in [0.25, 0.3) is 0 Å². The summed E-state index contributed by atoms with van der Waals surface area (Å²) in [4.78, 5) is 0. The summed E-state index contributed by atoms with van der Waals surface area (Å²) in [7, 11) is 2.52. The molecule has 0 aromatic heterocycles. The predicted molar refractivity (Wildman–Crippen MR) is 64.9 cm³/mol. The highest BCUT2D eigenvalue weighted by Gasteiger charge is 2.19. The van der Waals surface area contributed by atoms with Crippen LogP contribution in [-0.2, 0) is 0 Å². The Labute approximate surface area is 108 Å². The fourth-order valence-corrected chi connectivity index (χ4v) is 1.77. The molecule has 0 saturated heterocycles. The van der Waals surface area contributed by atoms with Gasteiger partial charge in [0.2, 0.25) is 5.82 Å². The average molecular weight is 268 g/mol. The highest BCUT2D eigenvalue weighted by molar-refractivity contribution is 5.67. The Kier molecular flexibility index (Phi) is 3.64. The van der Waals surface area contributed by atoms with E-state index in [0.29, 0.717) is 0 Å². The van der Waals surface area contributed by atoms with E-state index in [-0.39, 0.29) is 22.6 Å². The molecular weight excluding hydrogens is 257 g/mol. The van der Waals surface area contributed by atoms with Crippen LogP contribution in [0.25, 0.3) is 11.1 Å². The van der Waals surface area contributed by atoms with Crippen molar-refractivity contribution in [2.24, 2.45) is 0 Å². The summed E-state index contributed by atoms with van der Waals surface area (Å²) in [6.07, 6.45) is 0. The molecule has 2 nitrogen and oxygen atoms in total. The summed E-state index contributed by atoms with van der Waals surface area (Å²) >= 11 is 0. The van der Waals surface area contributed by atoms with Crippen LogP contribution in [0.15, 0.2) is 30.3 Å². The summed E-state index contributed by atoms with van der Waals surface area (Å²) in [5, 5.41) is 0. The summed E-state index contributed by atoms with van der Waals surface area (Å²) in [5.74, 6) is -3.32. The van der Waals surface area contributed by atoms with Crippen LogP contribution in [0.4, 0.5) is 13.2 Å². The molecule has 0 bridgehead atoms. The van der Waals surface area contributed by atoms with Crippen molar-refractivity contribution in [1.29, 1.82) is 0 Å². The van der Waals surface area contributed by atoms with Crippen LogP contribution in [0.5, 0.6) is 11.5 Å². The predicted octanol–water partition coefficient (Wildman–Crippen LogP) is 3.79. The minimum absolute atomic E-state index is 0.0341. The molecule has 0 N–H and O–H groups in total. The minimum atomic E-state index is -1.16. The molecule has 0 aliphatic rings. The molecule has 19 heavy (non-hydrogen) atoms. The van der Waals surface area contributed by atoms with E-state index in [1.165, 1.54) is 44.6 Å². The van der Waals surface area contributed by atoms with Crippen LogP contribution >= 0.6 is 0 Å². The maximum absolute atomic E-state index is 14.0. The van der Waals surface area contributed by atoms with Gasteiger partial charge in [-0.1, -0.05) is 12.1 Å². The fraction of sp³-hybridized carbons (Fsp3) is 0.143. The van der Waals surface area contributed by atoms with E-state index in [0.717, 1.165) is 0 Å². The van der Waals surface area contributed by atoms with Gasteiger partial charge in [0, 0.05) is 11.1 Å². The van der Waals surface area contributed by atoms with Crippen LogP contribution < -0.4 is 9.47 Å². The van der Waals surface area contributed by atoms with Crippen molar-refractivity contribution in [2.45, 2.75) is 0 Å². The molecule has 0 heterocycles. The average Bonchev–Trinajstić information content (AvgIpc) is 2.43. The smallest absolute Gasteiger partial charge is 0.201 e. The number of halogens is 3. The molecule has 5 heteroatoms. The second-order valence-corrected chi connectivity index (χ2v) is 3.77. The molecule has 2 aromatic rings. The van der Waals surface area contributed by atoms with E-state index in [1.807, 2.05) is 0 Å². The third-order valence-corrected chi connectivity index (χ3v) is 2.74. The number of hydrogen-bond acceptors (Lipinski definition) is 2. The lowest BCUT2D eigenvalue weighted by molar-refractivity contribution is 0.372. The van der Waals surface area contributed by atoms with E-state index in [2.05, 4.69) is 4.74 Å². The largest absolute Gasteiger partial charge is 0.494 e. The molecule has 0 saturated carbocycles. The number of hydrogen-bond donors (Lipinski definition) is 0. The molecule has 2 aromatic carbocycles. The zero-order chi connectivity index (χ0) is 14.0. The molecule has 0 unspecified atom stereocenters. The van der Waals surface area contributed by atoms with Crippen LogP contribution in [0.3, 0.4) is 0 Å². The van der Waals surface area contributed by atoms with Crippen LogP contribution in [0.1, 0.15) is 0 Å². The number of benzene rings is 2. The number of ether oxygens (including phenoxy) is 2. The summed E-state index contributed by atoms with van der Waals surface area (Å²) < 4.78 is 51.0. The molecule has 0 spiro atoms. The van der Waals surface area contributed by atoms with Crippen molar-refractivity contribution in [2.75, 3.05) is 14.2 Å². The highest BCUT2D eigenvalue weighted by Crippen LogP contribution is 2.33. The molecule has 2 rings (SSSR count). The quantitative estimate of drug-likeness (QED) is 0.843. The van der Waals surface area contributed by atoms with Crippen molar-refractivity contribution < 1.29 is 22.6 Å². The van der Waals surface area contributed by atoms with Gasteiger partial charge in [0.1, 0.15) is 0 Å². The standard InChI is InChI=1S/C14H11F3O2/c1-18-10-5-3-4-8(12(10)15)9-6-7-11(19-2)14(17)13(9)16/h3-7H,1-2H3. The lowest BCUT2D eigenvalue weighted by atomic mass is 10.0. The van der Waals surface area contributed by atoms with Gasteiger partial charge in [0.05, 0.1) is 14.2 Å². The van der Waals surface area contributed by atoms with E-state index < -0.39 is 17.5 Å². The minimum Gasteiger partial charge on any atom is -0.494 e. The van der Waals surface area contributed by atoms with Crippen molar-refractivity contribution in [3.05, 3.63) is 47.8 Å². The third-order valence-electron chi connectivity index (χ3n) is 2.74. The maximum atomic E-state index is 14.0. The van der Waals surface area contributed by atoms with Gasteiger partial charge in [-0.25, -0.2) is 8.78 Å². The molecular formula is C14H11F3O2. The second-order valence-electron chi connectivity index (χ2n) is 3.77. The summed E-state index contributed by atoms with van der Waals surface area (Å²) in [5.41, 5.74) is -0.256. The van der Waals surface area contributed by atoms with Crippen LogP contribution in [0, 0.1) is 17.5 Å². The van der Waals surface area contributed by atoms with Gasteiger partial charge in [-0.2, -0.15) is 4.39 Å². The molecule has 0 aliphatic heterocycles. The first kappa shape index (κ1) is 13.3. The highest BCUT2D eigenvalue weighted by atomic mass is 19.2. The van der Waals surface area contributed by atoms with Gasteiger partial charge >= 0.3 is 0 Å². The van der Waals surface area contributed by atoms with Crippen molar-refractivity contribution in [3.63, 3.8) is 0 Å². The SMILES string of the molecule is COc1cccc(-c2ccc(OC)c(F)c2F)c1F. The van der Waals surface area contributed by atoms with E-state index >= 15 is 0 Å². The van der Waals surface area contributed by atoms with E-state index in [4.69, 9.17) is 4.74 Å². The first-order chi connectivity index (χ1) is 9.10. The maximum Gasteiger partial charge on any atom is 0.201 e. The molecule has 0 aliphatic carbocycles. The topological polar surface area (TPSA) is 18.5 Å². The third kappa shape index (κ3) is 2.23. The van der Waals surface area contributed by atoms with Gasteiger partial charge in [-0.05, 0) is 18.2 Å². The Balaban J connectivity index is 2.63. The molecule has 0 amide bonds. The van der Waals surface area contributed by atoms with E-state index in [1.54, 1.807) is 0 Å². The zero-order valence-corrected chi connectivity index (χ0v) is 10.3. The zero-order valence-electron chi connectivity index (χ0n) is 10.3. The van der Waals surface area contributed by atoms with Crippen molar-refractivity contribution in [3.8, 4) is 22.6 Å². The Morgan fingerprint density at radius 3 is 1.89 bits per heavy atom. The Morgan fingerprint density at radius 1 is 0.684 bits per heavy atom. The Morgan fingerprint density at radius 2 is 1.26 bits per heavy atom. The lowest BCUT2D eigenvalue weighted by Gasteiger charge is -2.10. The monoisotopic (exact) mass is 268 g/mol. The first-order valence-corrected chi connectivity index (χ1v) is 5.45. The second kappa shape index (κ2) is 5.22. The van der Waals surface area contributed by atoms with Gasteiger partial charge in [-0.15, -0.1) is 0 Å². The Hall–Kier alpha value is -2.17. The number of rotatable bonds is 3. The number of methoxy groups -OCH3 is 2.